The molecule has 0 aliphatic heterocycles. The van der Waals surface area contributed by atoms with Gasteiger partial charge in [-0.2, -0.15) is 0 Å². The van der Waals surface area contributed by atoms with E-state index in [0.29, 0.717) is 18.7 Å². The second-order valence-electron chi connectivity index (χ2n) is 4.85. The van der Waals surface area contributed by atoms with Gasteiger partial charge in [-0.15, -0.1) is 0 Å². The van der Waals surface area contributed by atoms with E-state index in [-0.39, 0.29) is 10.6 Å². The molecule has 0 bridgehead atoms. The lowest BCUT2D eigenvalue weighted by Gasteiger charge is -2.09. The van der Waals surface area contributed by atoms with Crippen molar-refractivity contribution < 1.29 is 9.66 Å². The Balaban J connectivity index is 1.86. The van der Waals surface area contributed by atoms with E-state index in [2.05, 4.69) is 5.32 Å². The molecule has 21 heavy (non-hydrogen) atoms. The Morgan fingerprint density at radius 1 is 1.19 bits per heavy atom. The molecule has 5 heteroatoms. The maximum atomic E-state index is 10.9. The van der Waals surface area contributed by atoms with Gasteiger partial charge < -0.3 is 10.1 Å². The van der Waals surface area contributed by atoms with Gasteiger partial charge in [-0.25, -0.2) is 0 Å². The molecule has 0 aromatic heterocycles. The smallest absolute Gasteiger partial charge is 0.274 e. The van der Waals surface area contributed by atoms with E-state index in [9.17, 15) is 10.1 Å². The normalized spacial score (nSPS) is 10.2. The number of nitro benzene ring substituents is 1. The predicted molar refractivity (Wildman–Crippen MR) is 83.0 cm³/mol. The lowest BCUT2D eigenvalue weighted by molar-refractivity contribution is -0.385. The predicted octanol–water partition coefficient (Wildman–Crippen LogP) is 3.70. The van der Waals surface area contributed by atoms with Crippen LogP contribution in [0.25, 0.3) is 0 Å². The van der Waals surface area contributed by atoms with Gasteiger partial charge in [0.15, 0.2) is 0 Å². The van der Waals surface area contributed by atoms with Crippen LogP contribution in [0, 0.1) is 24.0 Å². The number of aryl methyl sites for hydroxylation is 2. The van der Waals surface area contributed by atoms with Crippen LogP contribution in [-0.4, -0.2) is 18.1 Å². The monoisotopic (exact) mass is 286 g/mol. The molecule has 0 aliphatic rings. The van der Waals surface area contributed by atoms with Crippen LogP contribution >= 0.6 is 0 Å². The minimum Gasteiger partial charge on any atom is -0.492 e. The Labute approximate surface area is 123 Å². The fraction of sp³-hybridized carbons (Fsp3) is 0.250. The largest absolute Gasteiger partial charge is 0.492 e. The van der Waals surface area contributed by atoms with E-state index in [4.69, 9.17) is 4.74 Å². The summed E-state index contributed by atoms with van der Waals surface area (Å²) in [4.78, 5) is 10.5. The minimum absolute atomic E-state index is 0.125. The zero-order valence-electron chi connectivity index (χ0n) is 12.1. The summed E-state index contributed by atoms with van der Waals surface area (Å²) in [5, 5.41) is 14.0. The third-order valence-electron chi connectivity index (χ3n) is 3.10. The average Bonchev–Trinajstić information content (AvgIpc) is 2.45. The first-order valence-corrected chi connectivity index (χ1v) is 6.74. The Hall–Kier alpha value is -2.56. The third kappa shape index (κ3) is 4.21. The summed E-state index contributed by atoms with van der Waals surface area (Å²) in [6.07, 6.45) is 0. The van der Waals surface area contributed by atoms with Crippen molar-refractivity contribution in [2.24, 2.45) is 0 Å². The molecule has 2 rings (SSSR count). The highest BCUT2D eigenvalue weighted by molar-refractivity contribution is 5.54. The van der Waals surface area contributed by atoms with Gasteiger partial charge in [0.05, 0.1) is 4.92 Å². The third-order valence-corrected chi connectivity index (χ3v) is 3.10. The van der Waals surface area contributed by atoms with Crippen molar-refractivity contribution in [1.82, 2.24) is 0 Å². The molecule has 5 nitrogen and oxygen atoms in total. The highest BCUT2D eigenvalue weighted by Gasteiger charge is 2.10. The fourth-order valence-corrected chi connectivity index (χ4v) is 1.99. The lowest BCUT2D eigenvalue weighted by Crippen LogP contribution is -2.11. The first-order chi connectivity index (χ1) is 10.1. The van der Waals surface area contributed by atoms with Gasteiger partial charge in [0, 0.05) is 23.9 Å². The van der Waals surface area contributed by atoms with Crippen molar-refractivity contribution in [3.63, 3.8) is 0 Å². The van der Waals surface area contributed by atoms with E-state index >= 15 is 0 Å². The van der Waals surface area contributed by atoms with Gasteiger partial charge >= 0.3 is 0 Å². The van der Waals surface area contributed by atoms with Crippen LogP contribution in [-0.2, 0) is 0 Å². The number of ether oxygens (including phenoxy) is 1. The molecule has 0 fully saturated rings. The van der Waals surface area contributed by atoms with E-state index in [1.54, 1.807) is 19.1 Å². The number of hydrogen-bond acceptors (Lipinski definition) is 4. The second-order valence-corrected chi connectivity index (χ2v) is 4.85. The van der Waals surface area contributed by atoms with E-state index < -0.39 is 0 Å². The van der Waals surface area contributed by atoms with Crippen molar-refractivity contribution in [2.75, 3.05) is 18.5 Å². The van der Waals surface area contributed by atoms with Gasteiger partial charge in [-0.1, -0.05) is 18.2 Å². The Bertz CT molecular complexity index is 641. The van der Waals surface area contributed by atoms with Gasteiger partial charge in [0.1, 0.15) is 12.4 Å². The molecule has 0 heterocycles. The Morgan fingerprint density at radius 3 is 2.71 bits per heavy atom. The Morgan fingerprint density at radius 2 is 2.00 bits per heavy atom. The van der Waals surface area contributed by atoms with Crippen molar-refractivity contribution >= 4 is 11.4 Å². The molecule has 0 saturated heterocycles. The SMILES string of the molecule is Cc1cccc(OCCNc2ccc(C)c([N+](=O)[O-])c2)c1. The molecular weight excluding hydrogens is 268 g/mol. The van der Waals surface area contributed by atoms with Crippen molar-refractivity contribution in [1.29, 1.82) is 0 Å². The van der Waals surface area contributed by atoms with E-state index in [1.165, 1.54) is 0 Å². The molecule has 0 aliphatic carbocycles. The maximum Gasteiger partial charge on any atom is 0.274 e. The number of hydrogen-bond donors (Lipinski definition) is 1. The van der Waals surface area contributed by atoms with Crippen LogP contribution in [0.4, 0.5) is 11.4 Å². The molecule has 2 aromatic rings. The summed E-state index contributed by atoms with van der Waals surface area (Å²) < 4.78 is 5.61. The number of benzene rings is 2. The Kier molecular flexibility index (Phi) is 4.77. The number of nitrogens with zero attached hydrogens (tertiary/aromatic N) is 1. The number of nitro groups is 1. The molecule has 0 spiro atoms. The van der Waals surface area contributed by atoms with Crippen molar-refractivity contribution in [3.8, 4) is 5.75 Å². The maximum absolute atomic E-state index is 10.9. The molecule has 0 saturated carbocycles. The van der Waals surface area contributed by atoms with Gasteiger partial charge in [0.25, 0.3) is 5.69 Å². The summed E-state index contributed by atoms with van der Waals surface area (Å²) in [5.74, 6) is 0.826. The van der Waals surface area contributed by atoms with Crippen LogP contribution in [0.1, 0.15) is 11.1 Å². The van der Waals surface area contributed by atoms with E-state index in [0.717, 1.165) is 17.0 Å². The van der Waals surface area contributed by atoms with Gasteiger partial charge in [0.2, 0.25) is 0 Å². The highest BCUT2D eigenvalue weighted by atomic mass is 16.6. The molecule has 0 unspecified atom stereocenters. The number of rotatable bonds is 6. The van der Waals surface area contributed by atoms with Crippen LogP contribution in [0.2, 0.25) is 0 Å². The van der Waals surface area contributed by atoms with Crippen LogP contribution in [0.15, 0.2) is 42.5 Å². The van der Waals surface area contributed by atoms with Crippen LogP contribution in [0.5, 0.6) is 5.75 Å². The first kappa shape index (κ1) is 14.8. The zero-order chi connectivity index (χ0) is 15.2. The summed E-state index contributed by atoms with van der Waals surface area (Å²) >= 11 is 0. The molecule has 0 radical (unpaired) electrons. The second kappa shape index (κ2) is 6.74. The van der Waals surface area contributed by atoms with E-state index in [1.807, 2.05) is 37.3 Å². The molecule has 110 valence electrons. The molecule has 0 amide bonds. The summed E-state index contributed by atoms with van der Waals surface area (Å²) in [5.41, 5.74) is 2.65. The summed E-state index contributed by atoms with van der Waals surface area (Å²) in [6, 6.07) is 12.9. The lowest BCUT2D eigenvalue weighted by atomic mass is 10.2. The number of nitrogens with one attached hydrogen (secondary N) is 1. The summed E-state index contributed by atoms with van der Waals surface area (Å²) in [7, 11) is 0. The van der Waals surface area contributed by atoms with Crippen molar-refractivity contribution in [3.05, 3.63) is 63.7 Å². The number of anilines is 1. The molecular formula is C16H18N2O3. The van der Waals surface area contributed by atoms with Crippen LogP contribution < -0.4 is 10.1 Å². The zero-order valence-corrected chi connectivity index (χ0v) is 12.1. The molecule has 1 N–H and O–H groups in total. The standard InChI is InChI=1S/C16H18N2O3/c1-12-4-3-5-15(10-12)21-9-8-17-14-7-6-13(2)16(11-14)18(19)20/h3-7,10-11,17H,8-9H2,1-2H3. The minimum atomic E-state index is -0.371. The topological polar surface area (TPSA) is 64.4 Å². The van der Waals surface area contributed by atoms with Gasteiger partial charge in [-0.05, 0) is 37.6 Å². The van der Waals surface area contributed by atoms with Crippen molar-refractivity contribution in [2.45, 2.75) is 13.8 Å². The van der Waals surface area contributed by atoms with Crippen LogP contribution in [0.3, 0.4) is 0 Å². The fourth-order valence-electron chi connectivity index (χ4n) is 1.99. The summed E-state index contributed by atoms with van der Waals surface area (Å²) in [6.45, 7) is 4.80. The highest BCUT2D eigenvalue weighted by Crippen LogP contribution is 2.22. The molecule has 2 aromatic carbocycles. The quantitative estimate of drug-likeness (QED) is 0.499. The average molecular weight is 286 g/mol. The first-order valence-electron chi connectivity index (χ1n) is 6.74. The molecule has 0 atom stereocenters. The van der Waals surface area contributed by atoms with Gasteiger partial charge in [-0.3, -0.25) is 10.1 Å².